The van der Waals surface area contributed by atoms with E-state index in [9.17, 15) is 9.59 Å². The van der Waals surface area contributed by atoms with Crippen LogP contribution >= 0.6 is 0 Å². The number of benzene rings is 1. The fourth-order valence-corrected chi connectivity index (χ4v) is 3.55. The summed E-state index contributed by atoms with van der Waals surface area (Å²) in [6.45, 7) is 6.62. The van der Waals surface area contributed by atoms with E-state index < -0.39 is 0 Å². The number of fused-ring (bicyclic) bond motifs is 3. The maximum atomic E-state index is 13.1. The second kappa shape index (κ2) is 6.66. The van der Waals surface area contributed by atoms with E-state index in [1.807, 2.05) is 32.9 Å². The minimum absolute atomic E-state index is 0.313. The van der Waals surface area contributed by atoms with Gasteiger partial charge in [0.05, 0.1) is 5.69 Å². The number of anilines is 1. The fraction of sp³-hybridized carbons (Fsp3) is 0.368. The topological polar surface area (TPSA) is 105 Å². The summed E-state index contributed by atoms with van der Waals surface area (Å²) in [5.41, 5.74) is 7.35. The van der Waals surface area contributed by atoms with Crippen LogP contribution in [0.1, 0.15) is 32.5 Å². The number of nitrogens with zero attached hydrogens (tertiary/aromatic N) is 6. The molecule has 28 heavy (non-hydrogen) atoms. The van der Waals surface area contributed by atoms with Crippen molar-refractivity contribution in [3.8, 4) is 5.69 Å². The summed E-state index contributed by atoms with van der Waals surface area (Å²) in [6.07, 6.45) is 1.45. The molecule has 0 saturated carbocycles. The van der Waals surface area contributed by atoms with Gasteiger partial charge in [0.1, 0.15) is 5.82 Å². The molecule has 0 fully saturated rings. The van der Waals surface area contributed by atoms with E-state index in [1.165, 1.54) is 4.57 Å². The molecule has 9 nitrogen and oxygen atoms in total. The van der Waals surface area contributed by atoms with Gasteiger partial charge in [0, 0.05) is 18.8 Å². The van der Waals surface area contributed by atoms with Crippen LogP contribution in [0.25, 0.3) is 22.6 Å². The number of nitrogens with two attached hydrogens (primary N) is 1. The minimum atomic E-state index is -0.332. The zero-order valence-electron chi connectivity index (χ0n) is 16.2. The van der Waals surface area contributed by atoms with Crippen LogP contribution in [0, 0.1) is 6.92 Å². The van der Waals surface area contributed by atoms with Gasteiger partial charge in [0.2, 0.25) is 5.78 Å². The highest BCUT2D eigenvalue weighted by molar-refractivity contribution is 5.76. The summed E-state index contributed by atoms with van der Waals surface area (Å²) in [5, 5.41) is 4.56. The van der Waals surface area contributed by atoms with Crippen molar-refractivity contribution in [2.24, 2.45) is 0 Å². The summed E-state index contributed by atoms with van der Waals surface area (Å²) in [7, 11) is 0. The van der Waals surface area contributed by atoms with Gasteiger partial charge in [-0.3, -0.25) is 18.3 Å². The van der Waals surface area contributed by atoms with E-state index in [0.29, 0.717) is 48.0 Å². The lowest BCUT2D eigenvalue weighted by Crippen LogP contribution is -2.40. The molecule has 0 aliphatic rings. The van der Waals surface area contributed by atoms with Crippen LogP contribution in [0.2, 0.25) is 0 Å². The van der Waals surface area contributed by atoms with E-state index in [-0.39, 0.29) is 11.2 Å². The standard InChI is InChI=1S/C19H23N7O2/c1-4-10-23-16-15(17(27)24(11-5-2)19(23)28)25-12(3)22-26(18(25)21-16)14-8-6-13(20)7-9-14/h6-9H,4-5,10-11,20H2,1-3H3. The van der Waals surface area contributed by atoms with Crippen molar-refractivity contribution in [1.82, 2.24) is 28.3 Å². The average molecular weight is 381 g/mol. The quantitative estimate of drug-likeness (QED) is 0.530. The number of hydrogen-bond donors (Lipinski definition) is 1. The highest BCUT2D eigenvalue weighted by Crippen LogP contribution is 2.19. The van der Waals surface area contributed by atoms with Crippen LogP contribution < -0.4 is 17.0 Å². The molecule has 146 valence electrons. The third-order valence-corrected chi connectivity index (χ3v) is 4.80. The van der Waals surface area contributed by atoms with Crippen LogP contribution in [0.4, 0.5) is 5.69 Å². The van der Waals surface area contributed by atoms with Gasteiger partial charge in [0.15, 0.2) is 11.2 Å². The number of nitrogen functional groups attached to an aromatic ring is 1. The molecule has 0 atom stereocenters. The molecule has 4 rings (SSSR count). The normalized spacial score (nSPS) is 11.7. The highest BCUT2D eigenvalue weighted by atomic mass is 16.2. The molecule has 0 radical (unpaired) electrons. The molecule has 4 aromatic rings. The largest absolute Gasteiger partial charge is 0.399 e. The zero-order valence-corrected chi connectivity index (χ0v) is 16.2. The van der Waals surface area contributed by atoms with E-state index >= 15 is 0 Å². The van der Waals surface area contributed by atoms with Gasteiger partial charge >= 0.3 is 5.69 Å². The van der Waals surface area contributed by atoms with Crippen molar-refractivity contribution in [3.63, 3.8) is 0 Å². The molecule has 9 heteroatoms. The van der Waals surface area contributed by atoms with Gasteiger partial charge in [-0.1, -0.05) is 13.8 Å². The second-order valence-corrected chi connectivity index (χ2v) is 6.86. The Morgan fingerprint density at radius 3 is 2.29 bits per heavy atom. The van der Waals surface area contributed by atoms with Crippen molar-refractivity contribution in [2.45, 2.75) is 46.7 Å². The van der Waals surface area contributed by atoms with E-state index in [0.717, 1.165) is 12.1 Å². The molecule has 1 aromatic carbocycles. The molecule has 0 bridgehead atoms. The Morgan fingerprint density at radius 1 is 1.00 bits per heavy atom. The Morgan fingerprint density at radius 2 is 1.64 bits per heavy atom. The second-order valence-electron chi connectivity index (χ2n) is 6.86. The number of aromatic nitrogens is 6. The first-order valence-corrected chi connectivity index (χ1v) is 9.45. The SMILES string of the molecule is CCCn1c(=O)c2c(nc3n(-c4ccc(N)cc4)nc(C)n23)n(CCC)c1=O. The molecule has 3 heterocycles. The summed E-state index contributed by atoms with van der Waals surface area (Å²) >= 11 is 0. The first-order chi connectivity index (χ1) is 13.5. The third-order valence-electron chi connectivity index (χ3n) is 4.80. The molecular formula is C19H23N7O2. The molecule has 0 aliphatic heterocycles. The van der Waals surface area contributed by atoms with Gasteiger partial charge in [-0.05, 0) is 44.0 Å². The molecule has 0 spiro atoms. The summed E-state index contributed by atoms with van der Waals surface area (Å²) in [6, 6.07) is 7.25. The van der Waals surface area contributed by atoms with Crippen LogP contribution in [-0.4, -0.2) is 28.3 Å². The molecule has 0 saturated heterocycles. The fourth-order valence-electron chi connectivity index (χ4n) is 3.55. The molecule has 2 N–H and O–H groups in total. The van der Waals surface area contributed by atoms with Gasteiger partial charge in [0.25, 0.3) is 5.56 Å². The van der Waals surface area contributed by atoms with Crippen molar-refractivity contribution in [2.75, 3.05) is 5.73 Å². The first-order valence-electron chi connectivity index (χ1n) is 9.45. The zero-order chi connectivity index (χ0) is 20.0. The van der Waals surface area contributed by atoms with Gasteiger partial charge < -0.3 is 5.73 Å². The Hall–Kier alpha value is -3.36. The Balaban J connectivity index is 2.13. The molecule has 0 amide bonds. The number of hydrogen-bond acceptors (Lipinski definition) is 5. The van der Waals surface area contributed by atoms with Crippen LogP contribution in [-0.2, 0) is 13.1 Å². The Bertz CT molecular complexity index is 1290. The number of imidazole rings is 1. The first kappa shape index (κ1) is 18.0. The van der Waals surface area contributed by atoms with Crippen LogP contribution in [0.15, 0.2) is 33.9 Å². The van der Waals surface area contributed by atoms with Crippen molar-refractivity contribution in [1.29, 1.82) is 0 Å². The van der Waals surface area contributed by atoms with Gasteiger partial charge in [-0.25, -0.2) is 4.79 Å². The number of rotatable bonds is 5. The lowest BCUT2D eigenvalue weighted by atomic mass is 10.3. The Kier molecular flexibility index (Phi) is 4.29. The van der Waals surface area contributed by atoms with E-state index in [2.05, 4.69) is 10.1 Å². The third kappa shape index (κ3) is 2.54. The maximum Gasteiger partial charge on any atom is 0.332 e. The molecule has 3 aromatic heterocycles. The van der Waals surface area contributed by atoms with Crippen LogP contribution in [0.5, 0.6) is 0 Å². The van der Waals surface area contributed by atoms with Gasteiger partial charge in [-0.2, -0.15) is 14.8 Å². The predicted octanol–water partition coefficient (Wildman–Crippen LogP) is 1.71. The maximum absolute atomic E-state index is 13.1. The van der Waals surface area contributed by atoms with Crippen molar-refractivity contribution < 1.29 is 0 Å². The molecule has 0 unspecified atom stereocenters. The number of aryl methyl sites for hydroxylation is 2. The predicted molar refractivity (Wildman–Crippen MR) is 108 cm³/mol. The smallest absolute Gasteiger partial charge is 0.332 e. The monoisotopic (exact) mass is 381 g/mol. The highest BCUT2D eigenvalue weighted by Gasteiger charge is 2.22. The molecule has 0 aliphatic carbocycles. The molecular weight excluding hydrogens is 358 g/mol. The lowest BCUT2D eigenvalue weighted by Gasteiger charge is -2.09. The summed E-state index contributed by atoms with van der Waals surface area (Å²) < 4.78 is 6.28. The van der Waals surface area contributed by atoms with E-state index in [4.69, 9.17) is 5.73 Å². The summed E-state index contributed by atoms with van der Waals surface area (Å²) in [5.74, 6) is 1.11. The Labute approximate surface area is 160 Å². The van der Waals surface area contributed by atoms with Crippen molar-refractivity contribution in [3.05, 3.63) is 50.9 Å². The lowest BCUT2D eigenvalue weighted by molar-refractivity contribution is 0.555. The van der Waals surface area contributed by atoms with Gasteiger partial charge in [-0.15, -0.1) is 0 Å². The van der Waals surface area contributed by atoms with E-state index in [1.54, 1.807) is 25.8 Å². The van der Waals surface area contributed by atoms with Crippen LogP contribution in [0.3, 0.4) is 0 Å². The average Bonchev–Trinajstić information content (AvgIpc) is 3.21. The summed E-state index contributed by atoms with van der Waals surface area (Å²) in [4.78, 5) is 30.7. The van der Waals surface area contributed by atoms with Crippen molar-refractivity contribution >= 4 is 22.6 Å². The minimum Gasteiger partial charge on any atom is -0.399 e.